The molecule has 0 aliphatic carbocycles. The molecule has 0 fully saturated rings. The Morgan fingerprint density at radius 3 is 2.67 bits per heavy atom. The minimum Gasteiger partial charge on any atom is -0.497 e. The molecule has 0 aromatic heterocycles. The van der Waals surface area contributed by atoms with E-state index in [0.717, 1.165) is 6.42 Å². The molecule has 0 aliphatic rings. The maximum atomic E-state index is 11.5. The van der Waals surface area contributed by atoms with Gasteiger partial charge in [0.1, 0.15) is 5.75 Å². The summed E-state index contributed by atoms with van der Waals surface area (Å²) in [5.74, 6) is -0.630. The lowest BCUT2D eigenvalue weighted by Gasteiger charge is -2.10. The van der Waals surface area contributed by atoms with Crippen molar-refractivity contribution in [2.24, 2.45) is 0 Å². The monoisotopic (exact) mass is 252 g/mol. The van der Waals surface area contributed by atoms with Crippen LogP contribution in [0, 0.1) is 0 Å². The summed E-state index contributed by atoms with van der Waals surface area (Å²) >= 11 is 0. The Kier molecular flexibility index (Phi) is 4.98. The average Bonchev–Trinajstić information content (AvgIpc) is 2.35. The van der Waals surface area contributed by atoms with E-state index < -0.39 is 12.0 Å². The number of amides is 2. The Balaban J connectivity index is 2.90. The Morgan fingerprint density at radius 1 is 1.39 bits per heavy atom. The number of aromatic carboxylic acids is 1. The molecule has 1 aromatic carbocycles. The first-order valence-electron chi connectivity index (χ1n) is 5.54. The normalized spacial score (nSPS) is 9.67. The Labute approximate surface area is 105 Å². The molecule has 0 radical (unpaired) electrons. The fraction of sp³-hybridized carbons (Fsp3) is 0.333. The lowest BCUT2D eigenvalue weighted by atomic mass is 10.1. The van der Waals surface area contributed by atoms with Gasteiger partial charge in [-0.1, -0.05) is 6.92 Å². The van der Waals surface area contributed by atoms with Crippen LogP contribution < -0.4 is 15.4 Å². The molecular weight excluding hydrogens is 236 g/mol. The molecule has 0 bridgehead atoms. The number of hydrogen-bond donors (Lipinski definition) is 3. The number of carbonyl (C=O) groups is 2. The minimum atomic E-state index is -1.11. The van der Waals surface area contributed by atoms with Gasteiger partial charge in [-0.15, -0.1) is 0 Å². The summed E-state index contributed by atoms with van der Waals surface area (Å²) in [7, 11) is 1.47. The van der Waals surface area contributed by atoms with E-state index in [0.29, 0.717) is 12.3 Å². The van der Waals surface area contributed by atoms with Gasteiger partial charge in [-0.2, -0.15) is 0 Å². The Morgan fingerprint density at radius 2 is 2.11 bits per heavy atom. The van der Waals surface area contributed by atoms with Gasteiger partial charge in [0.15, 0.2) is 0 Å². The van der Waals surface area contributed by atoms with E-state index in [2.05, 4.69) is 10.6 Å². The molecular formula is C12H16N2O4. The number of methoxy groups -OCH3 is 1. The third-order valence-corrected chi connectivity index (χ3v) is 2.24. The fourth-order valence-electron chi connectivity index (χ4n) is 1.35. The number of hydrogen-bond acceptors (Lipinski definition) is 3. The van der Waals surface area contributed by atoms with E-state index in [1.54, 1.807) is 0 Å². The largest absolute Gasteiger partial charge is 0.497 e. The number of anilines is 1. The maximum Gasteiger partial charge on any atom is 0.337 e. The van der Waals surface area contributed by atoms with Gasteiger partial charge < -0.3 is 20.5 Å². The molecule has 2 amide bonds. The molecule has 0 atom stereocenters. The third-order valence-electron chi connectivity index (χ3n) is 2.24. The minimum absolute atomic E-state index is 0.0162. The van der Waals surface area contributed by atoms with Gasteiger partial charge in [0, 0.05) is 12.6 Å². The predicted octanol–water partition coefficient (Wildman–Crippen LogP) is 1.92. The highest BCUT2D eigenvalue weighted by Crippen LogP contribution is 2.22. The number of rotatable bonds is 5. The molecule has 0 aliphatic heterocycles. The zero-order chi connectivity index (χ0) is 13.5. The van der Waals surface area contributed by atoms with Crippen molar-refractivity contribution in [1.29, 1.82) is 0 Å². The van der Waals surface area contributed by atoms with Crippen LogP contribution in [0.2, 0.25) is 0 Å². The van der Waals surface area contributed by atoms with E-state index in [4.69, 9.17) is 9.84 Å². The number of benzene rings is 1. The molecule has 6 heteroatoms. The van der Waals surface area contributed by atoms with Crippen LogP contribution in [0.15, 0.2) is 18.2 Å². The molecule has 3 N–H and O–H groups in total. The molecule has 0 spiro atoms. The smallest absolute Gasteiger partial charge is 0.337 e. The van der Waals surface area contributed by atoms with Gasteiger partial charge in [0.2, 0.25) is 0 Å². The number of carboxylic acid groups (broad SMARTS) is 1. The highest BCUT2D eigenvalue weighted by Gasteiger charge is 2.13. The van der Waals surface area contributed by atoms with Crippen LogP contribution in [0.25, 0.3) is 0 Å². The summed E-state index contributed by atoms with van der Waals surface area (Å²) in [5.41, 5.74) is 0.220. The standard InChI is InChI=1S/C12H16N2O4/c1-3-6-13-12(17)14-10-7-8(18-2)4-5-9(10)11(15)16/h4-5,7H,3,6H2,1-2H3,(H,15,16)(H2,13,14,17). The van der Waals surface area contributed by atoms with Crippen LogP contribution in [-0.2, 0) is 0 Å². The van der Waals surface area contributed by atoms with Crippen LogP contribution in [0.1, 0.15) is 23.7 Å². The Hall–Kier alpha value is -2.24. The second-order valence-electron chi connectivity index (χ2n) is 3.60. The van der Waals surface area contributed by atoms with Crippen molar-refractivity contribution in [3.63, 3.8) is 0 Å². The quantitative estimate of drug-likeness (QED) is 0.747. The first-order chi connectivity index (χ1) is 8.58. The van der Waals surface area contributed by atoms with Crippen molar-refractivity contribution in [1.82, 2.24) is 5.32 Å². The van der Waals surface area contributed by atoms with Crippen molar-refractivity contribution in [2.45, 2.75) is 13.3 Å². The fourth-order valence-corrected chi connectivity index (χ4v) is 1.35. The second-order valence-corrected chi connectivity index (χ2v) is 3.60. The molecule has 0 saturated carbocycles. The van der Waals surface area contributed by atoms with Crippen molar-refractivity contribution in [3.05, 3.63) is 23.8 Å². The summed E-state index contributed by atoms with van der Waals surface area (Å²) in [5, 5.41) is 14.1. The SMILES string of the molecule is CCCNC(=O)Nc1cc(OC)ccc1C(=O)O. The van der Waals surface area contributed by atoms with Crippen molar-refractivity contribution < 1.29 is 19.4 Å². The van der Waals surface area contributed by atoms with Crippen molar-refractivity contribution in [2.75, 3.05) is 19.0 Å². The molecule has 0 saturated heterocycles. The first kappa shape index (κ1) is 13.8. The maximum absolute atomic E-state index is 11.5. The molecule has 0 unspecified atom stereocenters. The lowest BCUT2D eigenvalue weighted by Crippen LogP contribution is -2.29. The second kappa shape index (κ2) is 6.48. The van der Waals surface area contributed by atoms with Crippen LogP contribution >= 0.6 is 0 Å². The highest BCUT2D eigenvalue weighted by molar-refractivity contribution is 6.00. The van der Waals surface area contributed by atoms with Crippen LogP contribution in [0.3, 0.4) is 0 Å². The van der Waals surface area contributed by atoms with E-state index in [-0.39, 0.29) is 11.3 Å². The summed E-state index contributed by atoms with van der Waals surface area (Å²) in [6, 6.07) is 3.94. The van der Waals surface area contributed by atoms with Crippen molar-refractivity contribution in [3.8, 4) is 5.75 Å². The summed E-state index contributed by atoms with van der Waals surface area (Å²) in [6.45, 7) is 2.45. The van der Waals surface area contributed by atoms with Crippen molar-refractivity contribution >= 4 is 17.7 Å². The van der Waals surface area contributed by atoms with Crippen LogP contribution in [0.4, 0.5) is 10.5 Å². The summed E-state index contributed by atoms with van der Waals surface area (Å²) in [4.78, 5) is 22.5. The Bertz CT molecular complexity index is 446. The van der Waals surface area contributed by atoms with Gasteiger partial charge in [-0.25, -0.2) is 9.59 Å². The molecule has 18 heavy (non-hydrogen) atoms. The highest BCUT2D eigenvalue weighted by atomic mass is 16.5. The van der Waals surface area contributed by atoms with Gasteiger partial charge in [-0.3, -0.25) is 0 Å². The van der Waals surface area contributed by atoms with Crippen LogP contribution in [0.5, 0.6) is 5.75 Å². The first-order valence-corrected chi connectivity index (χ1v) is 5.54. The van der Waals surface area contributed by atoms with E-state index in [9.17, 15) is 9.59 Å². The van der Waals surface area contributed by atoms with Gasteiger partial charge in [-0.05, 0) is 18.6 Å². The van der Waals surface area contributed by atoms with E-state index >= 15 is 0 Å². The molecule has 1 aromatic rings. The number of ether oxygens (including phenoxy) is 1. The van der Waals surface area contributed by atoms with Crippen LogP contribution in [-0.4, -0.2) is 30.8 Å². The van der Waals surface area contributed by atoms with E-state index in [1.807, 2.05) is 6.92 Å². The predicted molar refractivity (Wildman–Crippen MR) is 67.3 cm³/mol. The zero-order valence-corrected chi connectivity index (χ0v) is 10.3. The van der Waals surface area contributed by atoms with Gasteiger partial charge in [0.05, 0.1) is 18.4 Å². The zero-order valence-electron chi connectivity index (χ0n) is 10.3. The average molecular weight is 252 g/mol. The molecule has 1 rings (SSSR count). The topological polar surface area (TPSA) is 87.7 Å². The molecule has 98 valence electrons. The summed E-state index contributed by atoms with van der Waals surface area (Å²) < 4.78 is 4.99. The molecule has 6 nitrogen and oxygen atoms in total. The summed E-state index contributed by atoms with van der Waals surface area (Å²) in [6.07, 6.45) is 0.803. The van der Waals surface area contributed by atoms with Gasteiger partial charge in [0.25, 0.3) is 0 Å². The number of carbonyl (C=O) groups excluding carboxylic acids is 1. The molecule has 0 heterocycles. The van der Waals surface area contributed by atoms with E-state index in [1.165, 1.54) is 25.3 Å². The number of nitrogens with one attached hydrogen (secondary N) is 2. The lowest BCUT2D eigenvalue weighted by molar-refractivity contribution is 0.0698. The third kappa shape index (κ3) is 3.65. The van der Waals surface area contributed by atoms with Gasteiger partial charge >= 0.3 is 12.0 Å². The number of carboxylic acids is 1. The number of urea groups is 1.